The van der Waals surface area contributed by atoms with Gasteiger partial charge in [-0.2, -0.15) is 0 Å². The Bertz CT molecular complexity index is 307. The number of piperidine rings is 1. The van der Waals surface area contributed by atoms with Crippen LogP contribution in [0, 0.1) is 11.8 Å². The number of nitrogens with zero attached hydrogens (tertiary/aromatic N) is 1. The maximum Gasteiger partial charge on any atom is 0.226 e. The number of carbonyl (C=O) groups excluding carboxylic acids is 1. The lowest BCUT2D eigenvalue weighted by atomic mass is 9.92. The van der Waals surface area contributed by atoms with Crippen molar-refractivity contribution in [3.8, 4) is 0 Å². The van der Waals surface area contributed by atoms with Gasteiger partial charge in [0.15, 0.2) is 0 Å². The van der Waals surface area contributed by atoms with E-state index in [1.54, 1.807) is 0 Å². The average molecular weight is 238 g/mol. The Morgan fingerprint density at radius 2 is 2.35 bits per heavy atom. The molecule has 4 heteroatoms. The number of hydrogen-bond donors (Lipinski definition) is 1. The molecule has 4 nitrogen and oxygen atoms in total. The fourth-order valence-corrected chi connectivity index (χ4v) is 3.13. The number of rotatable bonds is 1. The Hall–Kier alpha value is -0.610. The molecule has 2 saturated heterocycles. The number of hydrogen-bond acceptors (Lipinski definition) is 3. The Kier molecular flexibility index (Phi) is 2.87. The molecule has 3 rings (SSSR count). The normalized spacial score (nSPS) is 41.6. The van der Waals surface area contributed by atoms with Crippen LogP contribution in [0.3, 0.4) is 0 Å². The average Bonchev–Trinajstić information content (AvgIpc) is 3.06. The van der Waals surface area contributed by atoms with Gasteiger partial charge < -0.3 is 15.0 Å². The zero-order valence-electron chi connectivity index (χ0n) is 10.6. The topological polar surface area (TPSA) is 41.6 Å². The lowest BCUT2D eigenvalue weighted by molar-refractivity contribution is -0.154. The van der Waals surface area contributed by atoms with Crippen LogP contribution in [0.5, 0.6) is 0 Å². The summed E-state index contributed by atoms with van der Waals surface area (Å²) in [6, 6.07) is 0. The van der Waals surface area contributed by atoms with E-state index in [1.807, 2.05) is 4.90 Å². The van der Waals surface area contributed by atoms with Crippen LogP contribution in [0.25, 0.3) is 0 Å². The highest BCUT2D eigenvalue weighted by Crippen LogP contribution is 2.40. The summed E-state index contributed by atoms with van der Waals surface area (Å²) in [6.07, 6.45) is 3.33. The summed E-state index contributed by atoms with van der Waals surface area (Å²) in [5.41, 5.74) is -0.0930. The molecule has 3 fully saturated rings. The van der Waals surface area contributed by atoms with Crippen LogP contribution in [0.15, 0.2) is 0 Å². The van der Waals surface area contributed by atoms with Gasteiger partial charge in [0.1, 0.15) is 0 Å². The van der Waals surface area contributed by atoms with Gasteiger partial charge in [0, 0.05) is 19.0 Å². The van der Waals surface area contributed by atoms with Crippen LogP contribution in [0.4, 0.5) is 0 Å². The molecule has 2 aliphatic heterocycles. The van der Waals surface area contributed by atoms with E-state index in [0.29, 0.717) is 24.3 Å². The summed E-state index contributed by atoms with van der Waals surface area (Å²) in [6.45, 7) is 6.43. The third kappa shape index (κ3) is 2.20. The summed E-state index contributed by atoms with van der Waals surface area (Å²) in [5, 5.41) is 3.40. The molecule has 1 aliphatic carbocycles. The first-order chi connectivity index (χ1) is 8.20. The number of morpholine rings is 1. The van der Waals surface area contributed by atoms with E-state index in [9.17, 15) is 4.79 Å². The van der Waals surface area contributed by atoms with Crippen LogP contribution < -0.4 is 5.32 Å². The largest absolute Gasteiger partial charge is 0.370 e. The molecule has 1 spiro atoms. The van der Waals surface area contributed by atoms with Crippen LogP contribution in [-0.2, 0) is 9.53 Å². The molecule has 96 valence electrons. The molecule has 3 aliphatic rings. The first kappa shape index (κ1) is 11.5. The molecule has 3 atom stereocenters. The van der Waals surface area contributed by atoms with Crippen molar-refractivity contribution in [1.82, 2.24) is 10.2 Å². The van der Waals surface area contributed by atoms with Crippen molar-refractivity contribution < 1.29 is 9.53 Å². The Labute approximate surface area is 103 Å². The van der Waals surface area contributed by atoms with Crippen molar-refractivity contribution in [2.24, 2.45) is 11.8 Å². The van der Waals surface area contributed by atoms with Crippen LogP contribution in [-0.4, -0.2) is 49.2 Å². The molecule has 2 heterocycles. The minimum absolute atomic E-state index is 0.0930. The Morgan fingerprint density at radius 1 is 1.53 bits per heavy atom. The van der Waals surface area contributed by atoms with E-state index in [1.165, 1.54) is 0 Å². The molecule has 0 bridgehead atoms. The lowest BCUT2D eigenvalue weighted by Gasteiger charge is -2.45. The van der Waals surface area contributed by atoms with Crippen molar-refractivity contribution in [3.05, 3.63) is 0 Å². The van der Waals surface area contributed by atoms with E-state index in [2.05, 4.69) is 12.2 Å². The SMILES string of the molecule is CC1CC1C(=O)N1CCOC2(CCCNC2)C1. The van der Waals surface area contributed by atoms with Crippen LogP contribution in [0.2, 0.25) is 0 Å². The summed E-state index contributed by atoms with van der Waals surface area (Å²) < 4.78 is 5.96. The van der Waals surface area contributed by atoms with Gasteiger partial charge in [0.25, 0.3) is 0 Å². The van der Waals surface area contributed by atoms with Crippen molar-refractivity contribution in [2.45, 2.75) is 31.8 Å². The standard InChI is InChI=1S/C13H22N2O2/c1-10-7-11(10)12(16)15-5-6-17-13(9-15)3-2-4-14-8-13/h10-11,14H,2-9H2,1H3. The zero-order chi connectivity index (χ0) is 11.9. The fraction of sp³-hybridized carbons (Fsp3) is 0.923. The lowest BCUT2D eigenvalue weighted by Crippen LogP contribution is -2.60. The van der Waals surface area contributed by atoms with Crippen LogP contribution >= 0.6 is 0 Å². The quantitative estimate of drug-likeness (QED) is 0.728. The summed E-state index contributed by atoms with van der Waals surface area (Å²) in [4.78, 5) is 14.3. The predicted octanol–water partition coefficient (Wildman–Crippen LogP) is 0.623. The second-order valence-corrected chi connectivity index (χ2v) is 5.89. The zero-order valence-corrected chi connectivity index (χ0v) is 10.6. The monoisotopic (exact) mass is 238 g/mol. The molecule has 17 heavy (non-hydrogen) atoms. The summed E-state index contributed by atoms with van der Waals surface area (Å²) in [7, 11) is 0. The van der Waals surface area contributed by atoms with E-state index in [-0.39, 0.29) is 5.60 Å². The molecule has 1 amide bonds. The smallest absolute Gasteiger partial charge is 0.226 e. The highest BCUT2D eigenvalue weighted by molar-refractivity contribution is 5.81. The van der Waals surface area contributed by atoms with Gasteiger partial charge in [-0.05, 0) is 31.7 Å². The van der Waals surface area contributed by atoms with Crippen molar-refractivity contribution in [2.75, 3.05) is 32.8 Å². The second-order valence-electron chi connectivity index (χ2n) is 5.89. The Balaban J connectivity index is 1.64. The highest BCUT2D eigenvalue weighted by Gasteiger charge is 2.45. The van der Waals surface area contributed by atoms with E-state index in [0.717, 1.165) is 45.4 Å². The number of ether oxygens (including phenoxy) is 1. The second kappa shape index (κ2) is 4.25. The summed E-state index contributed by atoms with van der Waals surface area (Å²) in [5.74, 6) is 1.28. The molecular formula is C13H22N2O2. The highest BCUT2D eigenvalue weighted by atomic mass is 16.5. The van der Waals surface area contributed by atoms with Gasteiger partial charge in [-0.3, -0.25) is 4.79 Å². The third-order valence-corrected chi connectivity index (χ3v) is 4.42. The molecule has 0 radical (unpaired) electrons. The van der Waals surface area contributed by atoms with Gasteiger partial charge in [-0.15, -0.1) is 0 Å². The Morgan fingerprint density at radius 3 is 3.00 bits per heavy atom. The van der Waals surface area contributed by atoms with Gasteiger partial charge in [-0.25, -0.2) is 0 Å². The minimum Gasteiger partial charge on any atom is -0.370 e. The molecule has 0 aromatic carbocycles. The predicted molar refractivity (Wildman–Crippen MR) is 64.6 cm³/mol. The third-order valence-electron chi connectivity index (χ3n) is 4.42. The van der Waals surface area contributed by atoms with E-state index >= 15 is 0 Å². The molecule has 0 aromatic heterocycles. The van der Waals surface area contributed by atoms with Crippen molar-refractivity contribution in [1.29, 1.82) is 0 Å². The van der Waals surface area contributed by atoms with Gasteiger partial charge in [0.2, 0.25) is 5.91 Å². The van der Waals surface area contributed by atoms with Crippen LogP contribution in [0.1, 0.15) is 26.2 Å². The molecular weight excluding hydrogens is 216 g/mol. The number of carbonyl (C=O) groups is 1. The first-order valence-corrected chi connectivity index (χ1v) is 6.84. The van der Waals surface area contributed by atoms with Crippen molar-refractivity contribution >= 4 is 5.91 Å². The first-order valence-electron chi connectivity index (χ1n) is 6.84. The van der Waals surface area contributed by atoms with Gasteiger partial charge in [-0.1, -0.05) is 6.92 Å². The summed E-state index contributed by atoms with van der Waals surface area (Å²) >= 11 is 0. The van der Waals surface area contributed by atoms with Gasteiger partial charge in [0.05, 0.1) is 18.8 Å². The molecule has 1 N–H and O–H groups in total. The van der Waals surface area contributed by atoms with E-state index < -0.39 is 0 Å². The molecule has 0 aromatic rings. The number of nitrogens with one attached hydrogen (secondary N) is 1. The van der Waals surface area contributed by atoms with Gasteiger partial charge >= 0.3 is 0 Å². The number of amides is 1. The maximum atomic E-state index is 12.2. The fourth-order valence-electron chi connectivity index (χ4n) is 3.13. The minimum atomic E-state index is -0.0930. The molecule has 3 unspecified atom stereocenters. The maximum absolute atomic E-state index is 12.2. The van der Waals surface area contributed by atoms with Crippen molar-refractivity contribution in [3.63, 3.8) is 0 Å². The molecule has 1 saturated carbocycles. The van der Waals surface area contributed by atoms with E-state index in [4.69, 9.17) is 4.74 Å².